The second-order valence-electron chi connectivity index (χ2n) is 8.24. The lowest BCUT2D eigenvalue weighted by atomic mass is 10.00. The number of benzene rings is 2. The Bertz CT molecular complexity index is 1040. The molecule has 1 aromatic heterocycles. The van der Waals surface area contributed by atoms with Crippen LogP contribution >= 0.6 is 0 Å². The molecule has 0 aliphatic carbocycles. The Kier molecular flexibility index (Phi) is 5.12. The maximum Gasteiger partial charge on any atom is 0.253 e. The van der Waals surface area contributed by atoms with E-state index in [1.54, 1.807) is 0 Å². The van der Waals surface area contributed by atoms with Crippen molar-refractivity contribution >= 4 is 22.3 Å². The Labute approximate surface area is 166 Å². The van der Waals surface area contributed by atoms with Crippen molar-refractivity contribution < 1.29 is 0 Å². The van der Waals surface area contributed by atoms with Crippen LogP contribution in [0.15, 0.2) is 47.3 Å². The molecule has 4 rings (SSSR count). The summed E-state index contributed by atoms with van der Waals surface area (Å²) in [5, 5.41) is 4.47. The van der Waals surface area contributed by atoms with E-state index < -0.39 is 0 Å². The zero-order valence-corrected chi connectivity index (χ0v) is 17.0. The fraction of sp³-hybridized carbons (Fsp3) is 0.375. The number of fused-ring (bicyclic) bond motifs is 1. The predicted molar refractivity (Wildman–Crippen MR) is 118 cm³/mol. The van der Waals surface area contributed by atoms with Crippen molar-refractivity contribution in [1.82, 2.24) is 4.98 Å². The third kappa shape index (κ3) is 3.91. The zero-order valence-electron chi connectivity index (χ0n) is 17.0. The molecule has 1 saturated heterocycles. The third-order valence-electron chi connectivity index (χ3n) is 5.91. The second kappa shape index (κ2) is 7.70. The van der Waals surface area contributed by atoms with Gasteiger partial charge in [0.15, 0.2) is 0 Å². The number of rotatable bonds is 4. The first kappa shape index (κ1) is 18.6. The second-order valence-corrected chi connectivity index (χ2v) is 8.24. The van der Waals surface area contributed by atoms with E-state index in [2.05, 4.69) is 66.3 Å². The van der Waals surface area contributed by atoms with Gasteiger partial charge in [-0.25, -0.2) is 0 Å². The van der Waals surface area contributed by atoms with Crippen LogP contribution in [0.1, 0.15) is 36.5 Å². The highest BCUT2D eigenvalue weighted by atomic mass is 16.1. The van der Waals surface area contributed by atoms with Crippen LogP contribution in [-0.4, -0.2) is 18.1 Å². The number of nitrogens with zero attached hydrogens (tertiary/aromatic N) is 1. The van der Waals surface area contributed by atoms with Crippen molar-refractivity contribution in [3.05, 3.63) is 69.5 Å². The Morgan fingerprint density at radius 3 is 2.61 bits per heavy atom. The van der Waals surface area contributed by atoms with Crippen molar-refractivity contribution in [2.45, 2.75) is 40.2 Å². The van der Waals surface area contributed by atoms with E-state index in [0.717, 1.165) is 41.2 Å². The predicted octanol–water partition coefficient (Wildman–Crippen LogP) is 4.99. The van der Waals surface area contributed by atoms with E-state index in [9.17, 15) is 4.79 Å². The van der Waals surface area contributed by atoms with Gasteiger partial charge in [-0.2, -0.15) is 0 Å². The number of piperidine rings is 1. The van der Waals surface area contributed by atoms with Crippen molar-refractivity contribution in [2.24, 2.45) is 5.92 Å². The van der Waals surface area contributed by atoms with E-state index in [0.29, 0.717) is 6.54 Å². The number of aryl methyl sites for hydroxylation is 2. The highest BCUT2D eigenvalue weighted by molar-refractivity contribution is 5.80. The SMILES string of the molecule is Cc1cc2cc(CNc3ccc(N4CCC[C@@H](C)C4)cc3)c(=O)[nH]c2cc1C. The number of hydrogen-bond donors (Lipinski definition) is 2. The highest BCUT2D eigenvalue weighted by Crippen LogP contribution is 2.24. The highest BCUT2D eigenvalue weighted by Gasteiger charge is 2.16. The lowest BCUT2D eigenvalue weighted by Crippen LogP contribution is -2.34. The van der Waals surface area contributed by atoms with E-state index >= 15 is 0 Å². The van der Waals surface area contributed by atoms with Crippen LogP contribution < -0.4 is 15.8 Å². The van der Waals surface area contributed by atoms with Crippen LogP contribution in [0.2, 0.25) is 0 Å². The minimum atomic E-state index is -0.0258. The van der Waals surface area contributed by atoms with Crippen LogP contribution in [0, 0.1) is 19.8 Å². The third-order valence-corrected chi connectivity index (χ3v) is 5.91. The summed E-state index contributed by atoms with van der Waals surface area (Å²) < 4.78 is 0. The lowest BCUT2D eigenvalue weighted by Gasteiger charge is -2.32. The summed E-state index contributed by atoms with van der Waals surface area (Å²) in [6, 6.07) is 14.8. The van der Waals surface area contributed by atoms with Gasteiger partial charge < -0.3 is 15.2 Å². The molecule has 2 heterocycles. The average Bonchev–Trinajstić information content (AvgIpc) is 2.68. The van der Waals surface area contributed by atoms with Gasteiger partial charge in [-0.05, 0) is 91.6 Å². The van der Waals surface area contributed by atoms with Gasteiger partial charge in [-0.15, -0.1) is 0 Å². The molecule has 0 spiro atoms. The van der Waals surface area contributed by atoms with Crippen molar-refractivity contribution in [1.29, 1.82) is 0 Å². The van der Waals surface area contributed by atoms with Crippen LogP contribution in [0.25, 0.3) is 10.9 Å². The molecular weight excluding hydrogens is 346 g/mol. The maximum atomic E-state index is 12.4. The first-order valence-corrected chi connectivity index (χ1v) is 10.2. The summed E-state index contributed by atoms with van der Waals surface area (Å²) in [5.41, 5.74) is 6.38. The van der Waals surface area contributed by atoms with Crippen LogP contribution in [0.4, 0.5) is 11.4 Å². The topological polar surface area (TPSA) is 48.1 Å². The summed E-state index contributed by atoms with van der Waals surface area (Å²) >= 11 is 0. The Morgan fingerprint density at radius 2 is 1.86 bits per heavy atom. The average molecular weight is 376 g/mol. The molecule has 0 unspecified atom stereocenters. The maximum absolute atomic E-state index is 12.4. The Hall–Kier alpha value is -2.75. The molecule has 1 fully saturated rings. The molecule has 3 aromatic rings. The standard InChI is InChI=1S/C24H29N3O/c1-16-5-4-10-27(15-16)22-8-6-21(7-9-22)25-14-20-13-19-11-17(2)18(3)12-23(19)26-24(20)28/h6-9,11-13,16,25H,4-5,10,14-15H2,1-3H3,(H,26,28)/t16-/m1/s1. The van der Waals surface area contributed by atoms with Crippen molar-refractivity contribution in [2.75, 3.05) is 23.3 Å². The molecule has 1 aliphatic heterocycles. The smallest absolute Gasteiger partial charge is 0.253 e. The molecule has 146 valence electrons. The summed E-state index contributed by atoms with van der Waals surface area (Å²) in [6.07, 6.45) is 2.60. The van der Waals surface area contributed by atoms with Crippen LogP contribution in [-0.2, 0) is 6.54 Å². The van der Waals surface area contributed by atoms with Gasteiger partial charge in [0, 0.05) is 42.1 Å². The van der Waals surface area contributed by atoms with Crippen LogP contribution in [0.5, 0.6) is 0 Å². The van der Waals surface area contributed by atoms with Gasteiger partial charge in [0.2, 0.25) is 0 Å². The first-order valence-electron chi connectivity index (χ1n) is 10.2. The number of hydrogen-bond acceptors (Lipinski definition) is 3. The molecular formula is C24H29N3O. The van der Waals surface area contributed by atoms with Crippen molar-refractivity contribution in [3.63, 3.8) is 0 Å². The van der Waals surface area contributed by atoms with E-state index in [4.69, 9.17) is 0 Å². The number of aromatic nitrogens is 1. The van der Waals surface area contributed by atoms with E-state index in [-0.39, 0.29) is 5.56 Å². The molecule has 0 bridgehead atoms. The van der Waals surface area contributed by atoms with E-state index in [1.807, 2.05) is 12.1 Å². The molecule has 1 aliphatic rings. The van der Waals surface area contributed by atoms with Gasteiger partial charge in [-0.1, -0.05) is 6.92 Å². The van der Waals surface area contributed by atoms with Gasteiger partial charge in [0.05, 0.1) is 0 Å². The number of pyridine rings is 1. The van der Waals surface area contributed by atoms with Gasteiger partial charge in [0.25, 0.3) is 5.56 Å². The van der Waals surface area contributed by atoms with E-state index in [1.165, 1.54) is 29.7 Å². The van der Waals surface area contributed by atoms with Gasteiger partial charge in [0.1, 0.15) is 0 Å². The summed E-state index contributed by atoms with van der Waals surface area (Å²) in [5.74, 6) is 0.763. The minimum absolute atomic E-state index is 0.0258. The molecule has 4 heteroatoms. The molecule has 1 atom stereocenters. The van der Waals surface area contributed by atoms with Gasteiger partial charge in [-0.3, -0.25) is 4.79 Å². The molecule has 0 amide bonds. The number of nitrogens with one attached hydrogen (secondary N) is 2. The van der Waals surface area contributed by atoms with Crippen LogP contribution in [0.3, 0.4) is 0 Å². The zero-order chi connectivity index (χ0) is 19.7. The summed E-state index contributed by atoms with van der Waals surface area (Å²) in [7, 11) is 0. The van der Waals surface area contributed by atoms with Crippen molar-refractivity contribution in [3.8, 4) is 0 Å². The Balaban J connectivity index is 1.47. The molecule has 0 radical (unpaired) electrons. The fourth-order valence-corrected chi connectivity index (χ4v) is 4.06. The first-order chi connectivity index (χ1) is 13.5. The lowest BCUT2D eigenvalue weighted by molar-refractivity contribution is 0.447. The minimum Gasteiger partial charge on any atom is -0.381 e. The normalized spacial score (nSPS) is 17.1. The summed E-state index contributed by atoms with van der Waals surface area (Å²) in [6.45, 7) is 9.28. The molecule has 2 N–H and O–H groups in total. The molecule has 28 heavy (non-hydrogen) atoms. The molecule has 2 aromatic carbocycles. The Morgan fingerprint density at radius 1 is 1.11 bits per heavy atom. The summed E-state index contributed by atoms with van der Waals surface area (Å²) in [4.78, 5) is 17.9. The molecule has 0 saturated carbocycles. The number of H-pyrrole nitrogens is 1. The monoisotopic (exact) mass is 375 g/mol. The quantitative estimate of drug-likeness (QED) is 0.675. The largest absolute Gasteiger partial charge is 0.381 e. The number of anilines is 2. The fourth-order valence-electron chi connectivity index (χ4n) is 4.06. The number of aromatic amines is 1. The molecule has 4 nitrogen and oxygen atoms in total. The van der Waals surface area contributed by atoms with Gasteiger partial charge >= 0.3 is 0 Å².